The Kier molecular flexibility index (Phi) is 4.62. The van der Waals surface area contributed by atoms with E-state index < -0.39 is 0 Å². The van der Waals surface area contributed by atoms with Crippen LogP contribution in [0.15, 0.2) is 0 Å². The second-order valence-corrected chi connectivity index (χ2v) is 3.71. The molecule has 0 amide bonds. The van der Waals surface area contributed by atoms with E-state index in [0.717, 1.165) is 13.0 Å². The number of hydrogen-bond donors (Lipinski definition) is 1. The Balaban J connectivity index is 2.11. The van der Waals surface area contributed by atoms with Crippen molar-refractivity contribution < 1.29 is 4.74 Å². The van der Waals surface area contributed by atoms with Crippen LogP contribution < -0.4 is 5.73 Å². The maximum absolute atomic E-state index is 5.94. The van der Waals surface area contributed by atoms with Gasteiger partial charge in [-0.15, -0.1) is 0 Å². The smallest absolute Gasteiger partial charge is 0.0725 e. The molecule has 1 fully saturated rings. The highest BCUT2D eigenvalue weighted by atomic mass is 16.5. The van der Waals surface area contributed by atoms with Gasteiger partial charge in [0.05, 0.1) is 6.10 Å². The van der Waals surface area contributed by atoms with Crippen LogP contribution >= 0.6 is 0 Å². The topological polar surface area (TPSA) is 35.2 Å². The lowest BCUT2D eigenvalue weighted by Gasteiger charge is -2.28. The van der Waals surface area contributed by atoms with E-state index in [4.69, 9.17) is 10.5 Å². The molecule has 0 saturated heterocycles. The van der Waals surface area contributed by atoms with Crippen LogP contribution in [0.2, 0.25) is 0 Å². The zero-order valence-corrected chi connectivity index (χ0v) is 8.09. The van der Waals surface area contributed by atoms with Crippen molar-refractivity contribution in [3.05, 3.63) is 0 Å². The van der Waals surface area contributed by atoms with Crippen LogP contribution in [0.4, 0.5) is 0 Å². The molecule has 1 aliphatic rings. The largest absolute Gasteiger partial charge is 0.377 e. The summed E-state index contributed by atoms with van der Waals surface area (Å²) in [4.78, 5) is 0. The summed E-state index contributed by atoms with van der Waals surface area (Å²) in [5.41, 5.74) is 5.94. The van der Waals surface area contributed by atoms with Gasteiger partial charge in [0.2, 0.25) is 0 Å². The van der Waals surface area contributed by atoms with Crippen molar-refractivity contribution in [3.63, 3.8) is 0 Å². The molecular formula is C10H21NO. The zero-order valence-electron chi connectivity index (χ0n) is 8.09. The number of hydrogen-bond acceptors (Lipinski definition) is 2. The van der Waals surface area contributed by atoms with Crippen molar-refractivity contribution in [2.75, 3.05) is 6.61 Å². The zero-order chi connectivity index (χ0) is 8.81. The predicted molar refractivity (Wildman–Crippen MR) is 51.1 cm³/mol. The van der Waals surface area contributed by atoms with E-state index in [1.54, 1.807) is 0 Å². The Bertz CT molecular complexity index is 116. The summed E-state index contributed by atoms with van der Waals surface area (Å²) in [6.07, 6.45) is 7.64. The Morgan fingerprint density at radius 1 is 1.33 bits per heavy atom. The molecule has 0 aliphatic heterocycles. The minimum absolute atomic E-state index is 0.301. The van der Waals surface area contributed by atoms with Gasteiger partial charge in [-0.05, 0) is 19.3 Å². The van der Waals surface area contributed by atoms with E-state index in [-0.39, 0.29) is 0 Å². The third-order valence-corrected chi connectivity index (χ3v) is 2.58. The minimum Gasteiger partial charge on any atom is -0.377 e. The maximum atomic E-state index is 5.94. The molecule has 0 heterocycles. The summed E-state index contributed by atoms with van der Waals surface area (Å²) in [6.45, 7) is 3.08. The van der Waals surface area contributed by atoms with Crippen molar-refractivity contribution in [1.82, 2.24) is 0 Å². The first-order chi connectivity index (χ1) is 5.84. The van der Waals surface area contributed by atoms with Crippen LogP contribution in [0.1, 0.15) is 45.4 Å². The molecule has 0 spiro atoms. The summed E-state index contributed by atoms with van der Waals surface area (Å²) in [5.74, 6) is 0. The average molecular weight is 171 g/mol. The van der Waals surface area contributed by atoms with E-state index in [1.165, 1.54) is 32.1 Å². The summed E-state index contributed by atoms with van der Waals surface area (Å²) in [7, 11) is 0. The van der Waals surface area contributed by atoms with Crippen LogP contribution in [0, 0.1) is 0 Å². The van der Waals surface area contributed by atoms with Gasteiger partial charge in [0.15, 0.2) is 0 Å². The summed E-state index contributed by atoms with van der Waals surface area (Å²) >= 11 is 0. The summed E-state index contributed by atoms with van der Waals surface area (Å²) in [5, 5.41) is 0. The molecule has 1 saturated carbocycles. The number of unbranched alkanes of at least 4 members (excludes halogenated alkanes) is 1. The molecule has 1 aliphatic carbocycles. The van der Waals surface area contributed by atoms with Crippen LogP contribution in [-0.2, 0) is 4.74 Å². The highest BCUT2D eigenvalue weighted by Crippen LogP contribution is 2.19. The van der Waals surface area contributed by atoms with Crippen molar-refractivity contribution in [1.29, 1.82) is 0 Å². The van der Waals surface area contributed by atoms with E-state index >= 15 is 0 Å². The van der Waals surface area contributed by atoms with E-state index in [1.807, 2.05) is 0 Å². The first kappa shape index (κ1) is 10.0. The quantitative estimate of drug-likeness (QED) is 0.657. The summed E-state index contributed by atoms with van der Waals surface area (Å²) < 4.78 is 5.71. The van der Waals surface area contributed by atoms with Crippen LogP contribution in [0.25, 0.3) is 0 Å². The lowest BCUT2D eigenvalue weighted by atomic mass is 9.93. The molecule has 2 atom stereocenters. The monoisotopic (exact) mass is 171 g/mol. The number of ether oxygens (including phenoxy) is 1. The fourth-order valence-corrected chi connectivity index (χ4v) is 1.71. The third-order valence-electron chi connectivity index (χ3n) is 2.58. The second kappa shape index (κ2) is 5.55. The molecule has 0 aromatic heterocycles. The Labute approximate surface area is 75.5 Å². The standard InChI is InChI=1S/C10H21NO/c1-2-3-8-12-10-7-5-4-6-9(10)11/h9-10H,2-8,11H2,1H3/t9?,10-/m0/s1. The molecule has 0 bridgehead atoms. The second-order valence-electron chi connectivity index (χ2n) is 3.71. The van der Waals surface area contributed by atoms with Gasteiger partial charge in [-0.3, -0.25) is 0 Å². The van der Waals surface area contributed by atoms with Gasteiger partial charge in [0, 0.05) is 12.6 Å². The number of nitrogens with two attached hydrogens (primary N) is 1. The van der Waals surface area contributed by atoms with Crippen molar-refractivity contribution >= 4 is 0 Å². The van der Waals surface area contributed by atoms with Crippen LogP contribution in [-0.4, -0.2) is 18.8 Å². The fourth-order valence-electron chi connectivity index (χ4n) is 1.71. The highest BCUT2D eigenvalue weighted by Gasteiger charge is 2.21. The predicted octanol–water partition coefficient (Wildman–Crippen LogP) is 2.07. The van der Waals surface area contributed by atoms with E-state index in [9.17, 15) is 0 Å². The van der Waals surface area contributed by atoms with Gasteiger partial charge >= 0.3 is 0 Å². The van der Waals surface area contributed by atoms with Crippen LogP contribution in [0.3, 0.4) is 0 Å². The minimum atomic E-state index is 0.301. The highest BCUT2D eigenvalue weighted by molar-refractivity contribution is 4.78. The molecule has 0 radical (unpaired) electrons. The lowest BCUT2D eigenvalue weighted by Crippen LogP contribution is -2.39. The number of rotatable bonds is 4. The average Bonchev–Trinajstić information content (AvgIpc) is 2.09. The molecule has 1 rings (SSSR count). The first-order valence-electron chi connectivity index (χ1n) is 5.21. The molecule has 0 aromatic carbocycles. The van der Waals surface area contributed by atoms with E-state index in [2.05, 4.69) is 6.92 Å². The Morgan fingerprint density at radius 2 is 2.08 bits per heavy atom. The van der Waals surface area contributed by atoms with Gasteiger partial charge < -0.3 is 10.5 Å². The third kappa shape index (κ3) is 3.11. The van der Waals surface area contributed by atoms with Crippen molar-refractivity contribution in [2.24, 2.45) is 5.73 Å². The molecule has 2 nitrogen and oxygen atoms in total. The normalized spacial score (nSPS) is 30.5. The van der Waals surface area contributed by atoms with Gasteiger partial charge in [-0.25, -0.2) is 0 Å². The van der Waals surface area contributed by atoms with Crippen molar-refractivity contribution in [2.45, 2.75) is 57.6 Å². The maximum Gasteiger partial charge on any atom is 0.0725 e. The Morgan fingerprint density at radius 3 is 2.75 bits per heavy atom. The van der Waals surface area contributed by atoms with Gasteiger partial charge in [0.1, 0.15) is 0 Å². The van der Waals surface area contributed by atoms with E-state index in [0.29, 0.717) is 12.1 Å². The van der Waals surface area contributed by atoms with Gasteiger partial charge in [0.25, 0.3) is 0 Å². The van der Waals surface area contributed by atoms with Crippen LogP contribution in [0.5, 0.6) is 0 Å². The first-order valence-corrected chi connectivity index (χ1v) is 5.21. The van der Waals surface area contributed by atoms with Gasteiger partial charge in [-0.2, -0.15) is 0 Å². The van der Waals surface area contributed by atoms with Gasteiger partial charge in [-0.1, -0.05) is 26.2 Å². The SMILES string of the molecule is CCCCO[C@H]1CCCCC1N. The lowest BCUT2D eigenvalue weighted by molar-refractivity contribution is 0.0138. The molecule has 0 aromatic rings. The molecule has 12 heavy (non-hydrogen) atoms. The summed E-state index contributed by atoms with van der Waals surface area (Å²) in [6, 6.07) is 0.301. The molecule has 72 valence electrons. The Hall–Kier alpha value is -0.0800. The molecular weight excluding hydrogens is 150 g/mol. The molecule has 2 N–H and O–H groups in total. The molecule has 2 heteroatoms. The molecule has 1 unspecified atom stereocenters. The van der Waals surface area contributed by atoms with Crippen molar-refractivity contribution in [3.8, 4) is 0 Å². The fraction of sp³-hybridized carbons (Fsp3) is 1.00.